The fourth-order valence-electron chi connectivity index (χ4n) is 2.17. The second-order valence-electron chi connectivity index (χ2n) is 3.81. The first-order valence-corrected chi connectivity index (χ1v) is 4.80. The Morgan fingerprint density at radius 1 is 1.23 bits per heavy atom. The summed E-state index contributed by atoms with van der Waals surface area (Å²) >= 11 is 0. The van der Waals surface area contributed by atoms with Gasteiger partial charge in [0.1, 0.15) is 0 Å². The Bertz CT molecular complexity index is 160. The fourth-order valence-corrected chi connectivity index (χ4v) is 2.17. The maximum absolute atomic E-state index is 5.93. The molecule has 0 aromatic heterocycles. The van der Waals surface area contributed by atoms with Gasteiger partial charge in [0.15, 0.2) is 0 Å². The largest absolute Gasteiger partial charge is 0.381 e. The molecule has 0 radical (unpaired) electrons. The first-order valence-electron chi connectivity index (χ1n) is 4.80. The second kappa shape index (κ2) is 4.60. The number of rotatable bonds is 1. The summed E-state index contributed by atoms with van der Waals surface area (Å²) in [6.45, 7) is 2.39. The van der Waals surface area contributed by atoms with Gasteiger partial charge in [-0.3, -0.25) is 0 Å². The fraction of sp³-hybridized carbons (Fsp3) is 1.00. The quantitative estimate of drug-likeness (QED) is 0.700. The minimum Gasteiger partial charge on any atom is -0.381 e. The zero-order chi connectivity index (χ0) is 8.44. The monoisotopic (exact) mass is 207 g/mol. The van der Waals surface area contributed by atoms with Crippen molar-refractivity contribution < 1.29 is 9.47 Å². The molecule has 1 spiro atoms. The van der Waals surface area contributed by atoms with Gasteiger partial charge >= 0.3 is 0 Å². The molecular weight excluding hydrogens is 190 g/mol. The summed E-state index contributed by atoms with van der Waals surface area (Å²) in [7, 11) is 0. The third kappa shape index (κ3) is 2.34. The van der Waals surface area contributed by atoms with Crippen molar-refractivity contribution in [2.75, 3.05) is 19.8 Å². The van der Waals surface area contributed by atoms with E-state index in [1.807, 2.05) is 0 Å². The maximum atomic E-state index is 5.93. The third-order valence-electron chi connectivity index (χ3n) is 3.01. The van der Waals surface area contributed by atoms with E-state index in [-0.39, 0.29) is 18.0 Å². The van der Waals surface area contributed by atoms with Crippen LogP contribution in [0.1, 0.15) is 25.7 Å². The summed E-state index contributed by atoms with van der Waals surface area (Å²) in [6, 6.07) is 0. The lowest BCUT2D eigenvalue weighted by atomic mass is 9.91. The average Bonchev–Trinajstić information content (AvgIpc) is 2.50. The molecular formula is C9H18ClNO2. The molecule has 0 amide bonds. The highest BCUT2D eigenvalue weighted by atomic mass is 35.5. The topological polar surface area (TPSA) is 44.5 Å². The van der Waals surface area contributed by atoms with Gasteiger partial charge in [-0.05, 0) is 25.7 Å². The molecule has 2 fully saturated rings. The number of halogens is 1. The average molecular weight is 208 g/mol. The summed E-state index contributed by atoms with van der Waals surface area (Å²) in [5, 5.41) is 0. The van der Waals surface area contributed by atoms with Gasteiger partial charge in [0.05, 0.1) is 11.7 Å². The Hall–Kier alpha value is 0.170. The van der Waals surface area contributed by atoms with E-state index in [0.717, 1.165) is 32.5 Å². The van der Waals surface area contributed by atoms with Crippen LogP contribution in [0.15, 0.2) is 0 Å². The van der Waals surface area contributed by atoms with Gasteiger partial charge in [-0.15, -0.1) is 12.4 Å². The second-order valence-corrected chi connectivity index (χ2v) is 3.81. The molecule has 1 atom stereocenters. The number of ether oxygens (including phenoxy) is 2. The van der Waals surface area contributed by atoms with Crippen LogP contribution in [0.5, 0.6) is 0 Å². The van der Waals surface area contributed by atoms with Crippen molar-refractivity contribution in [2.45, 2.75) is 37.4 Å². The zero-order valence-corrected chi connectivity index (χ0v) is 8.65. The van der Waals surface area contributed by atoms with Crippen LogP contribution in [0.3, 0.4) is 0 Å². The van der Waals surface area contributed by atoms with Crippen molar-refractivity contribution in [3.05, 3.63) is 0 Å². The molecule has 2 heterocycles. The van der Waals surface area contributed by atoms with E-state index in [2.05, 4.69) is 0 Å². The van der Waals surface area contributed by atoms with E-state index in [9.17, 15) is 0 Å². The number of hydrogen-bond donors (Lipinski definition) is 1. The van der Waals surface area contributed by atoms with E-state index < -0.39 is 0 Å². The van der Waals surface area contributed by atoms with Crippen LogP contribution < -0.4 is 5.73 Å². The standard InChI is InChI=1S/C9H17NO2.ClH/c10-7-8-1-2-9(12-8)3-5-11-6-4-9;/h8H,1-7,10H2;1H. The summed E-state index contributed by atoms with van der Waals surface area (Å²) in [5.41, 5.74) is 5.71. The molecule has 0 aromatic carbocycles. The minimum atomic E-state index is 0. The van der Waals surface area contributed by atoms with Crippen LogP contribution in [0.4, 0.5) is 0 Å². The molecule has 2 aliphatic rings. The molecule has 3 nitrogen and oxygen atoms in total. The molecule has 2 saturated heterocycles. The Labute approximate surface area is 85.4 Å². The highest BCUT2D eigenvalue weighted by Crippen LogP contribution is 2.37. The number of hydrogen-bond acceptors (Lipinski definition) is 3. The van der Waals surface area contributed by atoms with Crippen molar-refractivity contribution in [3.63, 3.8) is 0 Å². The molecule has 2 aliphatic heterocycles. The predicted molar refractivity (Wildman–Crippen MR) is 53.2 cm³/mol. The van der Waals surface area contributed by atoms with E-state index in [1.54, 1.807) is 0 Å². The van der Waals surface area contributed by atoms with E-state index in [4.69, 9.17) is 15.2 Å². The third-order valence-corrected chi connectivity index (χ3v) is 3.01. The molecule has 0 aliphatic carbocycles. The summed E-state index contributed by atoms with van der Waals surface area (Å²) in [4.78, 5) is 0. The summed E-state index contributed by atoms with van der Waals surface area (Å²) < 4.78 is 11.2. The molecule has 4 heteroatoms. The Morgan fingerprint density at radius 2 is 1.92 bits per heavy atom. The highest BCUT2D eigenvalue weighted by Gasteiger charge is 2.40. The van der Waals surface area contributed by atoms with Gasteiger partial charge in [-0.2, -0.15) is 0 Å². The molecule has 1 unspecified atom stereocenters. The number of nitrogens with two attached hydrogens (primary N) is 1. The van der Waals surface area contributed by atoms with Crippen LogP contribution in [0, 0.1) is 0 Å². The molecule has 2 rings (SSSR count). The van der Waals surface area contributed by atoms with Gasteiger partial charge in [-0.1, -0.05) is 0 Å². The van der Waals surface area contributed by atoms with Crippen molar-refractivity contribution in [2.24, 2.45) is 5.73 Å². The van der Waals surface area contributed by atoms with Gasteiger partial charge in [0.2, 0.25) is 0 Å². The normalized spacial score (nSPS) is 31.6. The molecule has 0 aromatic rings. The van der Waals surface area contributed by atoms with Crippen molar-refractivity contribution in [1.29, 1.82) is 0 Å². The van der Waals surface area contributed by atoms with E-state index in [0.29, 0.717) is 12.6 Å². The summed E-state index contributed by atoms with van der Waals surface area (Å²) in [5.74, 6) is 0. The Kier molecular flexibility index (Phi) is 3.98. The van der Waals surface area contributed by atoms with Gasteiger partial charge < -0.3 is 15.2 Å². The first kappa shape index (κ1) is 11.2. The Balaban J connectivity index is 0.000000845. The van der Waals surface area contributed by atoms with E-state index in [1.165, 1.54) is 6.42 Å². The molecule has 13 heavy (non-hydrogen) atoms. The summed E-state index contributed by atoms with van der Waals surface area (Å²) in [6.07, 6.45) is 4.74. The lowest BCUT2D eigenvalue weighted by molar-refractivity contribution is -0.101. The molecule has 0 bridgehead atoms. The van der Waals surface area contributed by atoms with Crippen molar-refractivity contribution >= 4 is 12.4 Å². The van der Waals surface area contributed by atoms with Gasteiger partial charge in [0.25, 0.3) is 0 Å². The zero-order valence-electron chi connectivity index (χ0n) is 7.83. The lowest BCUT2D eigenvalue weighted by Gasteiger charge is -2.33. The van der Waals surface area contributed by atoms with Crippen LogP contribution >= 0.6 is 12.4 Å². The highest BCUT2D eigenvalue weighted by molar-refractivity contribution is 5.85. The van der Waals surface area contributed by atoms with Crippen LogP contribution in [0.25, 0.3) is 0 Å². The molecule has 0 saturated carbocycles. The maximum Gasteiger partial charge on any atom is 0.0731 e. The van der Waals surface area contributed by atoms with Crippen LogP contribution in [-0.2, 0) is 9.47 Å². The van der Waals surface area contributed by atoms with Gasteiger partial charge in [0, 0.05) is 19.8 Å². The lowest BCUT2D eigenvalue weighted by Crippen LogP contribution is -2.37. The van der Waals surface area contributed by atoms with Crippen molar-refractivity contribution in [1.82, 2.24) is 0 Å². The minimum absolute atomic E-state index is 0. The van der Waals surface area contributed by atoms with E-state index >= 15 is 0 Å². The first-order chi connectivity index (χ1) is 5.85. The van der Waals surface area contributed by atoms with Crippen LogP contribution in [-0.4, -0.2) is 31.5 Å². The van der Waals surface area contributed by atoms with Gasteiger partial charge in [-0.25, -0.2) is 0 Å². The Morgan fingerprint density at radius 3 is 2.46 bits per heavy atom. The van der Waals surface area contributed by atoms with Crippen LogP contribution in [0.2, 0.25) is 0 Å². The molecule has 2 N–H and O–H groups in total. The predicted octanol–water partition coefficient (Wildman–Crippen LogP) is 1.10. The smallest absolute Gasteiger partial charge is 0.0731 e. The van der Waals surface area contributed by atoms with Crippen molar-refractivity contribution in [3.8, 4) is 0 Å². The SMILES string of the molecule is Cl.NCC1CCC2(CCOCC2)O1. The molecule has 78 valence electrons.